The van der Waals surface area contributed by atoms with E-state index < -0.39 is 5.41 Å². The number of hydrogen-bond donors (Lipinski definition) is 1. The Balaban J connectivity index is 0.00000291. The third kappa shape index (κ3) is 7.61. The van der Waals surface area contributed by atoms with Crippen LogP contribution >= 0.6 is 0 Å². The molecule has 1 amide bonds. The number of anilines is 1. The lowest BCUT2D eigenvalue weighted by molar-refractivity contribution is -0.123. The van der Waals surface area contributed by atoms with E-state index in [4.69, 9.17) is 9.47 Å². The fourth-order valence-electron chi connectivity index (χ4n) is 2.96. The second kappa shape index (κ2) is 11.2. The molecule has 4 heteroatoms. The van der Waals surface area contributed by atoms with Gasteiger partial charge in [0.1, 0.15) is 17.2 Å². The third-order valence-electron chi connectivity index (χ3n) is 4.60. The van der Waals surface area contributed by atoms with Crippen molar-refractivity contribution < 1.29 is 14.3 Å². The van der Waals surface area contributed by atoms with Gasteiger partial charge in [0.15, 0.2) is 0 Å². The van der Waals surface area contributed by atoms with Crippen LogP contribution in [0.15, 0.2) is 30.3 Å². The van der Waals surface area contributed by atoms with Crippen molar-refractivity contribution in [3.63, 3.8) is 0 Å². The predicted octanol–water partition coefficient (Wildman–Crippen LogP) is 8.05. The molecule has 0 spiro atoms. The van der Waals surface area contributed by atoms with E-state index in [0.717, 1.165) is 39.6 Å². The van der Waals surface area contributed by atoms with Crippen LogP contribution in [0.5, 0.6) is 17.2 Å². The monoisotopic (exact) mass is 429 g/mol. The van der Waals surface area contributed by atoms with E-state index in [2.05, 4.69) is 26.1 Å². The van der Waals surface area contributed by atoms with Gasteiger partial charge in [0.25, 0.3) is 0 Å². The molecule has 0 radical (unpaired) electrons. The maximum Gasteiger partial charge on any atom is 0.229 e. The van der Waals surface area contributed by atoms with Crippen molar-refractivity contribution >= 4 is 11.6 Å². The number of rotatable bonds is 4. The van der Waals surface area contributed by atoms with Crippen LogP contribution in [0.4, 0.5) is 5.69 Å². The summed E-state index contributed by atoms with van der Waals surface area (Å²) in [7, 11) is 1.68. The Morgan fingerprint density at radius 2 is 1.42 bits per heavy atom. The highest BCUT2D eigenvalue weighted by molar-refractivity contribution is 5.94. The van der Waals surface area contributed by atoms with Crippen molar-refractivity contribution in [1.82, 2.24) is 0 Å². The first-order chi connectivity index (χ1) is 13.8. The SMILES string of the molecule is C.CC.COc1ccc(Oc2c(C)cc(NC(=O)C(C)(C)C)cc2C)cc1C(C)(C)C. The van der Waals surface area contributed by atoms with Crippen molar-refractivity contribution in [2.45, 2.75) is 82.1 Å². The number of carbonyl (C=O) groups excluding carboxylic acids is 1. The van der Waals surface area contributed by atoms with Crippen molar-refractivity contribution in [2.24, 2.45) is 5.41 Å². The van der Waals surface area contributed by atoms with Crippen molar-refractivity contribution in [1.29, 1.82) is 0 Å². The molecule has 0 unspecified atom stereocenters. The standard InChI is InChI=1S/C24H33NO3.C2H6.CH4/c1-15-12-17(25-22(26)24(6,7)8)13-16(2)21(15)28-18-10-11-20(27-9)19(14-18)23(3,4)5;1-2;/h10-14H,1-9H3,(H,25,26);1-2H3;1H4. The van der Waals surface area contributed by atoms with Crippen molar-refractivity contribution in [2.75, 3.05) is 12.4 Å². The lowest BCUT2D eigenvalue weighted by Crippen LogP contribution is -2.27. The number of carbonyl (C=O) groups is 1. The number of ether oxygens (including phenoxy) is 2. The van der Waals surface area contributed by atoms with E-state index >= 15 is 0 Å². The minimum Gasteiger partial charge on any atom is -0.496 e. The van der Waals surface area contributed by atoms with E-state index in [1.807, 2.05) is 78.8 Å². The zero-order valence-electron chi connectivity index (χ0n) is 20.6. The van der Waals surface area contributed by atoms with E-state index in [1.54, 1.807) is 7.11 Å². The van der Waals surface area contributed by atoms with Crippen molar-refractivity contribution in [3.05, 3.63) is 47.0 Å². The number of amides is 1. The van der Waals surface area contributed by atoms with Gasteiger partial charge in [-0.25, -0.2) is 0 Å². The molecule has 31 heavy (non-hydrogen) atoms. The molecule has 2 aromatic carbocycles. The summed E-state index contributed by atoms with van der Waals surface area (Å²) in [5, 5.41) is 2.99. The highest BCUT2D eigenvalue weighted by atomic mass is 16.5. The Kier molecular flexibility index (Phi) is 10.3. The van der Waals surface area contributed by atoms with E-state index in [9.17, 15) is 4.79 Å². The molecule has 174 valence electrons. The number of benzene rings is 2. The van der Waals surface area contributed by atoms with Gasteiger partial charge in [-0.15, -0.1) is 0 Å². The Morgan fingerprint density at radius 3 is 1.84 bits per heavy atom. The van der Waals surface area contributed by atoms with Crippen LogP contribution in [-0.4, -0.2) is 13.0 Å². The van der Waals surface area contributed by atoms with Crippen molar-refractivity contribution in [3.8, 4) is 17.2 Å². The summed E-state index contributed by atoms with van der Waals surface area (Å²) < 4.78 is 11.7. The molecular formula is C27H43NO3. The van der Waals surface area contributed by atoms with Gasteiger partial charge in [-0.3, -0.25) is 4.79 Å². The molecule has 0 aliphatic carbocycles. The molecule has 2 aromatic rings. The molecule has 0 saturated carbocycles. The van der Waals surface area contributed by atoms with E-state index in [0.29, 0.717) is 0 Å². The third-order valence-corrected chi connectivity index (χ3v) is 4.60. The van der Waals surface area contributed by atoms with Crippen LogP contribution in [0, 0.1) is 19.3 Å². The molecule has 2 rings (SSSR count). The molecule has 0 bridgehead atoms. The largest absolute Gasteiger partial charge is 0.496 e. The van der Waals surface area contributed by atoms with Crippen LogP contribution in [0.2, 0.25) is 0 Å². The van der Waals surface area contributed by atoms with Gasteiger partial charge >= 0.3 is 0 Å². The van der Waals surface area contributed by atoms with Gasteiger partial charge in [-0.1, -0.05) is 62.8 Å². The topological polar surface area (TPSA) is 47.6 Å². The molecule has 0 heterocycles. The van der Waals surface area contributed by atoms with Gasteiger partial charge in [0.05, 0.1) is 7.11 Å². The van der Waals surface area contributed by atoms with Gasteiger partial charge in [0.2, 0.25) is 5.91 Å². The predicted molar refractivity (Wildman–Crippen MR) is 134 cm³/mol. The van der Waals surface area contributed by atoms with Crippen LogP contribution in [0.1, 0.15) is 79.5 Å². The second-order valence-corrected chi connectivity index (χ2v) is 9.36. The molecule has 0 saturated heterocycles. The molecule has 0 atom stereocenters. The number of methoxy groups -OCH3 is 1. The first kappa shape index (κ1) is 28.5. The average molecular weight is 430 g/mol. The minimum atomic E-state index is -0.441. The first-order valence-corrected chi connectivity index (χ1v) is 10.6. The van der Waals surface area contributed by atoms with Crippen LogP contribution in [-0.2, 0) is 10.2 Å². The molecule has 0 aliphatic rings. The molecule has 4 nitrogen and oxygen atoms in total. The number of nitrogens with one attached hydrogen (secondary N) is 1. The summed E-state index contributed by atoms with van der Waals surface area (Å²) in [4.78, 5) is 12.3. The number of hydrogen-bond acceptors (Lipinski definition) is 3. The summed E-state index contributed by atoms with van der Waals surface area (Å²) in [5.41, 5.74) is 3.32. The molecule has 1 N–H and O–H groups in total. The maximum absolute atomic E-state index is 12.3. The summed E-state index contributed by atoms with van der Waals surface area (Å²) in [5.74, 6) is 2.42. The Bertz CT molecular complexity index is 848. The zero-order chi connectivity index (χ0) is 23.3. The van der Waals surface area contributed by atoms with Gasteiger partial charge < -0.3 is 14.8 Å². The highest BCUT2D eigenvalue weighted by Gasteiger charge is 2.22. The smallest absolute Gasteiger partial charge is 0.229 e. The van der Waals surface area contributed by atoms with E-state index in [1.165, 1.54) is 0 Å². The lowest BCUT2D eigenvalue weighted by atomic mass is 9.86. The second-order valence-electron chi connectivity index (χ2n) is 9.36. The Morgan fingerprint density at radius 1 is 0.903 bits per heavy atom. The number of aryl methyl sites for hydroxylation is 2. The fraction of sp³-hybridized carbons (Fsp3) is 0.519. The highest BCUT2D eigenvalue weighted by Crippen LogP contribution is 2.37. The minimum absolute atomic E-state index is 0. The summed E-state index contributed by atoms with van der Waals surface area (Å²) in [6.45, 7) is 20.1. The van der Waals surface area contributed by atoms with Crippen LogP contribution < -0.4 is 14.8 Å². The van der Waals surface area contributed by atoms with Crippen LogP contribution in [0.25, 0.3) is 0 Å². The quantitative estimate of drug-likeness (QED) is 0.535. The van der Waals surface area contributed by atoms with E-state index in [-0.39, 0.29) is 18.7 Å². The van der Waals surface area contributed by atoms with Crippen LogP contribution in [0.3, 0.4) is 0 Å². The summed E-state index contributed by atoms with van der Waals surface area (Å²) in [6.07, 6.45) is 0. The first-order valence-electron chi connectivity index (χ1n) is 10.6. The molecule has 0 fully saturated rings. The maximum atomic E-state index is 12.3. The Labute approximate surface area is 190 Å². The zero-order valence-corrected chi connectivity index (χ0v) is 20.6. The molecule has 0 aliphatic heterocycles. The average Bonchev–Trinajstić information content (AvgIpc) is 2.64. The normalized spacial score (nSPS) is 10.9. The van der Waals surface area contributed by atoms with Gasteiger partial charge in [0, 0.05) is 16.7 Å². The Hall–Kier alpha value is -2.49. The van der Waals surface area contributed by atoms with Gasteiger partial charge in [-0.2, -0.15) is 0 Å². The van der Waals surface area contributed by atoms with Gasteiger partial charge in [-0.05, 0) is 60.7 Å². The lowest BCUT2D eigenvalue weighted by Gasteiger charge is -2.23. The molecule has 0 aromatic heterocycles. The molecular weight excluding hydrogens is 386 g/mol. The summed E-state index contributed by atoms with van der Waals surface area (Å²) >= 11 is 0. The fourth-order valence-corrected chi connectivity index (χ4v) is 2.96. The summed E-state index contributed by atoms with van der Waals surface area (Å²) in [6, 6.07) is 9.79.